The van der Waals surface area contributed by atoms with Crippen molar-refractivity contribution in [3.63, 3.8) is 0 Å². The van der Waals surface area contributed by atoms with Gasteiger partial charge in [0.2, 0.25) is 0 Å². The third-order valence-electron chi connectivity index (χ3n) is 6.49. The van der Waals surface area contributed by atoms with E-state index < -0.39 is 23.9 Å². The second kappa shape index (κ2) is 8.78. The maximum atomic E-state index is 13.5. The monoisotopic (exact) mass is 478 g/mol. The van der Waals surface area contributed by atoms with Gasteiger partial charge in [0, 0.05) is 44.2 Å². The zero-order valence-electron chi connectivity index (χ0n) is 18.5. The summed E-state index contributed by atoms with van der Waals surface area (Å²) in [6, 6.07) is 1.87. The maximum absolute atomic E-state index is 13.5. The van der Waals surface area contributed by atoms with E-state index in [1.807, 2.05) is 6.07 Å². The topological polar surface area (TPSA) is 104 Å². The average Bonchev–Trinajstić information content (AvgIpc) is 3.58. The van der Waals surface area contributed by atoms with Gasteiger partial charge in [-0.25, -0.2) is 9.78 Å². The van der Waals surface area contributed by atoms with Crippen LogP contribution in [0, 0.1) is 0 Å². The Labute approximate surface area is 193 Å². The number of piperidine rings is 1. The Kier molecular flexibility index (Phi) is 5.80. The molecule has 3 aromatic rings. The Morgan fingerprint density at radius 1 is 1.24 bits per heavy atom. The van der Waals surface area contributed by atoms with Gasteiger partial charge in [-0.2, -0.15) is 23.4 Å². The van der Waals surface area contributed by atoms with E-state index in [1.165, 1.54) is 0 Å². The molecule has 0 spiro atoms. The first kappa shape index (κ1) is 22.4. The molecular weight excluding hydrogens is 453 g/mol. The number of nitrogens with zero attached hydrogens (tertiary/aromatic N) is 6. The summed E-state index contributed by atoms with van der Waals surface area (Å²) in [6.45, 7) is 2.00. The number of urea groups is 1. The first-order chi connectivity index (χ1) is 16.3. The fourth-order valence-electron chi connectivity index (χ4n) is 4.53. The van der Waals surface area contributed by atoms with Crippen LogP contribution in [0.1, 0.15) is 31.0 Å². The van der Waals surface area contributed by atoms with Crippen LogP contribution in [0.4, 0.5) is 29.5 Å². The number of aromatic amines is 1. The van der Waals surface area contributed by atoms with Crippen LogP contribution in [-0.4, -0.2) is 75.3 Å². The van der Waals surface area contributed by atoms with Gasteiger partial charge in [0.1, 0.15) is 5.69 Å². The molecule has 5 heterocycles. The number of anilines is 2. The lowest BCUT2D eigenvalue weighted by Crippen LogP contribution is -2.47. The first-order valence-corrected chi connectivity index (χ1v) is 11.1. The fourth-order valence-corrected chi connectivity index (χ4v) is 4.53. The normalized spacial score (nSPS) is 19.6. The highest BCUT2D eigenvalue weighted by molar-refractivity contribution is 5.88. The zero-order chi connectivity index (χ0) is 23.9. The summed E-state index contributed by atoms with van der Waals surface area (Å²) in [5.41, 5.74) is 0.824. The lowest BCUT2D eigenvalue weighted by Gasteiger charge is -2.37. The van der Waals surface area contributed by atoms with E-state index in [-0.39, 0.29) is 18.5 Å². The number of carbonyl (C=O) groups is 1. The fraction of sp³-hybridized carbons (Fsp3) is 0.524. The molecule has 182 valence electrons. The van der Waals surface area contributed by atoms with Gasteiger partial charge < -0.3 is 14.5 Å². The number of nitrogens with one attached hydrogen (secondary N) is 2. The maximum Gasteiger partial charge on any atom is 0.433 e. The Morgan fingerprint density at radius 3 is 2.74 bits per heavy atom. The number of aromatic nitrogens is 5. The SMILES string of the molecule is CN(C(=O)Nc1cc(C(F)(F)F)n([C@H]2CCOC2)n1)C1CCN(c2cnc3[nH]ncc3c2)CC1. The van der Waals surface area contributed by atoms with Gasteiger partial charge >= 0.3 is 12.2 Å². The summed E-state index contributed by atoms with van der Waals surface area (Å²) >= 11 is 0. The Bertz CT molecular complexity index is 1160. The van der Waals surface area contributed by atoms with Crippen LogP contribution in [0.3, 0.4) is 0 Å². The molecule has 5 rings (SSSR count). The lowest BCUT2D eigenvalue weighted by molar-refractivity contribution is -0.145. The lowest BCUT2D eigenvalue weighted by atomic mass is 10.0. The van der Waals surface area contributed by atoms with Crippen molar-refractivity contribution in [2.75, 3.05) is 43.6 Å². The van der Waals surface area contributed by atoms with Gasteiger partial charge in [-0.1, -0.05) is 0 Å². The molecule has 0 unspecified atom stereocenters. The molecule has 2 aliphatic heterocycles. The number of halogens is 3. The van der Waals surface area contributed by atoms with Gasteiger partial charge in [-0.3, -0.25) is 15.1 Å². The summed E-state index contributed by atoms with van der Waals surface area (Å²) < 4.78 is 46.7. The van der Waals surface area contributed by atoms with Crippen molar-refractivity contribution >= 4 is 28.6 Å². The molecule has 2 saturated heterocycles. The number of ether oxygens (including phenoxy) is 1. The van der Waals surface area contributed by atoms with Crippen LogP contribution in [-0.2, 0) is 10.9 Å². The van der Waals surface area contributed by atoms with Crippen LogP contribution in [0.5, 0.6) is 0 Å². The average molecular weight is 478 g/mol. The molecule has 2 fully saturated rings. The van der Waals surface area contributed by atoms with Gasteiger partial charge in [-0.15, -0.1) is 0 Å². The van der Waals surface area contributed by atoms with Crippen molar-refractivity contribution in [2.45, 2.75) is 37.5 Å². The van der Waals surface area contributed by atoms with Crippen molar-refractivity contribution in [1.29, 1.82) is 0 Å². The molecule has 2 N–H and O–H groups in total. The summed E-state index contributed by atoms with van der Waals surface area (Å²) in [7, 11) is 1.65. The van der Waals surface area contributed by atoms with Crippen LogP contribution in [0.15, 0.2) is 24.5 Å². The minimum Gasteiger partial charge on any atom is -0.379 e. The number of fused-ring (bicyclic) bond motifs is 1. The third-order valence-corrected chi connectivity index (χ3v) is 6.49. The molecule has 34 heavy (non-hydrogen) atoms. The Morgan fingerprint density at radius 2 is 2.03 bits per heavy atom. The molecule has 10 nitrogen and oxygen atoms in total. The van der Waals surface area contributed by atoms with Gasteiger partial charge in [0.15, 0.2) is 11.5 Å². The van der Waals surface area contributed by atoms with Crippen molar-refractivity contribution in [1.82, 2.24) is 29.9 Å². The molecule has 3 aromatic heterocycles. The highest BCUT2D eigenvalue weighted by Gasteiger charge is 2.39. The third kappa shape index (κ3) is 4.39. The van der Waals surface area contributed by atoms with E-state index in [4.69, 9.17) is 4.74 Å². The summed E-state index contributed by atoms with van der Waals surface area (Å²) in [5.74, 6) is -0.118. The van der Waals surface area contributed by atoms with E-state index in [2.05, 4.69) is 30.5 Å². The van der Waals surface area contributed by atoms with Gasteiger partial charge in [0.25, 0.3) is 0 Å². The van der Waals surface area contributed by atoms with Crippen molar-refractivity contribution in [2.24, 2.45) is 0 Å². The second-order valence-corrected chi connectivity index (χ2v) is 8.64. The largest absolute Gasteiger partial charge is 0.433 e. The first-order valence-electron chi connectivity index (χ1n) is 11.1. The van der Waals surface area contributed by atoms with Crippen molar-refractivity contribution in [3.8, 4) is 0 Å². The minimum atomic E-state index is -4.58. The highest BCUT2D eigenvalue weighted by atomic mass is 19.4. The number of amides is 2. The number of pyridine rings is 1. The molecule has 2 amide bonds. The summed E-state index contributed by atoms with van der Waals surface area (Å²) in [6.07, 6.45) is 0.818. The van der Waals surface area contributed by atoms with Gasteiger partial charge in [0.05, 0.1) is 30.7 Å². The molecule has 0 bridgehead atoms. The molecule has 2 aliphatic rings. The quantitative estimate of drug-likeness (QED) is 0.597. The predicted octanol–water partition coefficient (Wildman–Crippen LogP) is 3.27. The van der Waals surface area contributed by atoms with Crippen LogP contribution >= 0.6 is 0 Å². The van der Waals surface area contributed by atoms with Crippen LogP contribution in [0.25, 0.3) is 11.0 Å². The van der Waals surface area contributed by atoms with E-state index in [1.54, 1.807) is 24.3 Å². The van der Waals surface area contributed by atoms with Crippen molar-refractivity contribution < 1.29 is 22.7 Å². The highest BCUT2D eigenvalue weighted by Crippen LogP contribution is 2.34. The molecule has 0 aliphatic carbocycles. The van der Waals surface area contributed by atoms with E-state index >= 15 is 0 Å². The van der Waals surface area contributed by atoms with Crippen LogP contribution in [0.2, 0.25) is 0 Å². The van der Waals surface area contributed by atoms with Crippen LogP contribution < -0.4 is 10.2 Å². The summed E-state index contributed by atoms with van der Waals surface area (Å²) in [5, 5.41) is 14.3. The minimum absolute atomic E-state index is 0.0470. The Balaban J connectivity index is 1.22. The van der Waals surface area contributed by atoms with Gasteiger partial charge in [-0.05, 0) is 25.3 Å². The van der Waals surface area contributed by atoms with E-state index in [0.717, 1.165) is 53.4 Å². The standard InChI is InChI=1S/C21H25F3N8O2/c1-30(14-2-5-31(6-3-14)16-8-13-10-26-28-19(13)25-11-16)20(33)27-18-9-17(21(22,23)24)32(29-18)15-4-7-34-12-15/h8-11,14-15H,2-7,12H2,1H3,(H,25,26,28)(H,27,29,33)/t15-/m0/s1. The molecule has 0 radical (unpaired) electrons. The molecule has 0 saturated carbocycles. The van der Waals surface area contributed by atoms with E-state index in [0.29, 0.717) is 13.0 Å². The molecule has 13 heteroatoms. The number of hydrogen-bond donors (Lipinski definition) is 2. The second-order valence-electron chi connectivity index (χ2n) is 8.64. The number of H-pyrrole nitrogens is 1. The number of hydrogen-bond acceptors (Lipinski definition) is 6. The number of alkyl halides is 3. The van der Waals surface area contributed by atoms with E-state index in [9.17, 15) is 18.0 Å². The molecule has 1 atom stereocenters. The Hall–Kier alpha value is -3.35. The summed E-state index contributed by atoms with van der Waals surface area (Å²) in [4.78, 5) is 20.9. The zero-order valence-corrected chi connectivity index (χ0v) is 18.5. The molecule has 0 aromatic carbocycles. The smallest absolute Gasteiger partial charge is 0.379 e. The number of rotatable bonds is 4. The van der Waals surface area contributed by atoms with Crippen molar-refractivity contribution in [3.05, 3.63) is 30.2 Å². The number of carbonyl (C=O) groups excluding carboxylic acids is 1. The predicted molar refractivity (Wildman–Crippen MR) is 118 cm³/mol. The molecular formula is C21H25F3N8O2.